The first-order valence-electron chi connectivity index (χ1n) is 10.8. The monoisotopic (exact) mass is 460 g/mol. The highest BCUT2D eigenvalue weighted by molar-refractivity contribution is 7.86. The fourth-order valence-corrected chi connectivity index (χ4v) is 3.79. The summed E-state index contributed by atoms with van der Waals surface area (Å²) in [6.45, 7) is 6.38. The van der Waals surface area contributed by atoms with Gasteiger partial charge < -0.3 is 9.47 Å². The Morgan fingerprint density at radius 2 is 1.75 bits per heavy atom. The molecule has 2 aromatic rings. The van der Waals surface area contributed by atoms with Crippen molar-refractivity contribution < 1.29 is 26.9 Å². The molecule has 0 heterocycles. The van der Waals surface area contributed by atoms with Gasteiger partial charge in [-0.05, 0) is 38.0 Å². The van der Waals surface area contributed by atoms with Gasteiger partial charge in [0.1, 0.15) is 0 Å². The zero-order valence-corrected chi connectivity index (χ0v) is 19.7. The molecule has 32 heavy (non-hydrogen) atoms. The zero-order chi connectivity index (χ0) is 23.4. The molecule has 2 rings (SSSR count). The predicted molar refractivity (Wildman–Crippen MR) is 124 cm³/mol. The first-order chi connectivity index (χ1) is 15.3. The molecule has 0 amide bonds. The van der Waals surface area contributed by atoms with Crippen LogP contribution < -0.4 is 0 Å². The summed E-state index contributed by atoms with van der Waals surface area (Å²) in [7, 11) is -4.11. The van der Waals surface area contributed by atoms with Crippen LogP contribution in [0.5, 0.6) is 0 Å². The van der Waals surface area contributed by atoms with E-state index in [1.165, 1.54) is 12.1 Å². The fraction of sp³-hybridized carbons (Fsp3) is 0.400. The summed E-state index contributed by atoms with van der Waals surface area (Å²) in [4.78, 5) is 12.5. The van der Waals surface area contributed by atoms with Crippen LogP contribution in [0.15, 0.2) is 71.6 Å². The lowest BCUT2D eigenvalue weighted by Crippen LogP contribution is -2.29. The van der Waals surface area contributed by atoms with Crippen LogP contribution in [-0.2, 0) is 35.2 Å². The molecule has 6 nitrogen and oxygen atoms in total. The van der Waals surface area contributed by atoms with E-state index in [1.54, 1.807) is 24.3 Å². The van der Waals surface area contributed by atoms with Gasteiger partial charge in [-0.1, -0.05) is 73.5 Å². The zero-order valence-electron chi connectivity index (χ0n) is 18.9. The van der Waals surface area contributed by atoms with E-state index in [1.807, 2.05) is 51.1 Å². The van der Waals surface area contributed by atoms with Crippen LogP contribution in [0.3, 0.4) is 0 Å². The molecule has 0 aliphatic carbocycles. The summed E-state index contributed by atoms with van der Waals surface area (Å²) >= 11 is 0. The number of unbranched alkanes of at least 4 members (excludes halogenated alkanes) is 1. The van der Waals surface area contributed by atoms with Gasteiger partial charge in [0.05, 0.1) is 24.2 Å². The first-order valence-corrected chi connectivity index (χ1v) is 12.2. The van der Waals surface area contributed by atoms with Crippen LogP contribution in [0.25, 0.3) is 0 Å². The minimum atomic E-state index is -4.11. The molecule has 0 spiro atoms. The van der Waals surface area contributed by atoms with Crippen molar-refractivity contribution in [2.45, 2.75) is 63.7 Å². The number of carbonyl (C=O) groups is 1. The standard InChI is InChI=1S/C25H32O6S/c1-4-5-18-29-25(26)24(31-32(27,28)23-16-14-20(2)15-17-23)13-9-10-21(3)30-19-22-11-7-6-8-12-22/h6-12,14-17,21,24H,4-5,13,18-19H2,1-3H3/b10-9-/t21-,24+/m0/s1. The second-order valence-electron chi connectivity index (χ2n) is 7.54. The molecule has 2 atom stereocenters. The van der Waals surface area contributed by atoms with Crippen molar-refractivity contribution in [3.8, 4) is 0 Å². The van der Waals surface area contributed by atoms with E-state index in [2.05, 4.69) is 0 Å². The number of benzene rings is 2. The van der Waals surface area contributed by atoms with Gasteiger partial charge in [-0.3, -0.25) is 4.18 Å². The van der Waals surface area contributed by atoms with Crippen molar-refractivity contribution in [2.75, 3.05) is 6.61 Å². The molecule has 0 saturated carbocycles. The molecule has 0 unspecified atom stereocenters. The number of esters is 1. The van der Waals surface area contributed by atoms with Crippen LogP contribution in [0.2, 0.25) is 0 Å². The summed E-state index contributed by atoms with van der Waals surface area (Å²) in [5.41, 5.74) is 1.98. The molecule has 0 N–H and O–H groups in total. The molecule has 0 aliphatic rings. The van der Waals surface area contributed by atoms with Gasteiger partial charge in [0.15, 0.2) is 6.10 Å². The number of carbonyl (C=O) groups excluding carboxylic acids is 1. The van der Waals surface area contributed by atoms with E-state index >= 15 is 0 Å². The number of hydrogen-bond acceptors (Lipinski definition) is 6. The van der Waals surface area contributed by atoms with Gasteiger partial charge in [0, 0.05) is 6.42 Å². The second-order valence-corrected chi connectivity index (χ2v) is 9.11. The summed E-state index contributed by atoms with van der Waals surface area (Å²) in [6, 6.07) is 16.0. The van der Waals surface area contributed by atoms with Crippen molar-refractivity contribution in [3.63, 3.8) is 0 Å². The van der Waals surface area contributed by atoms with Gasteiger partial charge in [0.25, 0.3) is 10.1 Å². The normalized spacial score (nSPS) is 13.7. The third-order valence-corrected chi connectivity index (χ3v) is 6.01. The Morgan fingerprint density at radius 3 is 2.41 bits per heavy atom. The number of hydrogen-bond donors (Lipinski definition) is 0. The quantitative estimate of drug-likeness (QED) is 0.182. The van der Waals surface area contributed by atoms with Crippen molar-refractivity contribution in [2.24, 2.45) is 0 Å². The fourth-order valence-electron chi connectivity index (χ4n) is 2.75. The lowest BCUT2D eigenvalue weighted by atomic mass is 10.2. The molecule has 0 aliphatic heterocycles. The van der Waals surface area contributed by atoms with Gasteiger partial charge >= 0.3 is 5.97 Å². The van der Waals surface area contributed by atoms with Crippen molar-refractivity contribution in [3.05, 3.63) is 77.9 Å². The van der Waals surface area contributed by atoms with E-state index in [0.717, 1.165) is 17.5 Å². The highest BCUT2D eigenvalue weighted by atomic mass is 32.2. The SMILES string of the molecule is CCCCOC(=O)[C@@H](C/C=C\[C@H](C)OCc1ccccc1)OS(=O)(=O)c1ccc(C)cc1. The maximum atomic E-state index is 12.7. The number of rotatable bonds is 13. The van der Waals surface area contributed by atoms with E-state index in [-0.39, 0.29) is 24.0 Å². The summed E-state index contributed by atoms with van der Waals surface area (Å²) in [6.07, 6.45) is 3.58. The predicted octanol–water partition coefficient (Wildman–Crippen LogP) is 4.96. The molecule has 0 aromatic heterocycles. The third kappa shape index (κ3) is 8.94. The van der Waals surface area contributed by atoms with Crippen LogP contribution >= 0.6 is 0 Å². The van der Waals surface area contributed by atoms with E-state index in [9.17, 15) is 13.2 Å². The smallest absolute Gasteiger partial charge is 0.337 e. The Kier molecular flexibility index (Phi) is 10.6. The maximum Gasteiger partial charge on any atom is 0.337 e. The maximum absolute atomic E-state index is 12.7. The third-order valence-electron chi connectivity index (χ3n) is 4.67. The van der Waals surface area contributed by atoms with Crippen molar-refractivity contribution in [1.29, 1.82) is 0 Å². The van der Waals surface area contributed by atoms with E-state index in [0.29, 0.717) is 13.0 Å². The Morgan fingerprint density at radius 1 is 1.06 bits per heavy atom. The van der Waals surface area contributed by atoms with E-state index in [4.69, 9.17) is 13.7 Å². The van der Waals surface area contributed by atoms with Crippen LogP contribution in [0.4, 0.5) is 0 Å². The molecule has 0 radical (unpaired) electrons. The Hall–Kier alpha value is -2.48. The minimum Gasteiger partial charge on any atom is -0.464 e. The average molecular weight is 461 g/mol. The largest absolute Gasteiger partial charge is 0.464 e. The average Bonchev–Trinajstić information content (AvgIpc) is 2.78. The highest BCUT2D eigenvalue weighted by Crippen LogP contribution is 2.18. The lowest BCUT2D eigenvalue weighted by Gasteiger charge is -2.16. The molecular formula is C25H32O6S. The molecule has 7 heteroatoms. The summed E-state index contributed by atoms with van der Waals surface area (Å²) < 4.78 is 41.6. The van der Waals surface area contributed by atoms with E-state index < -0.39 is 22.2 Å². The number of ether oxygens (including phenoxy) is 2. The van der Waals surface area contributed by atoms with Crippen LogP contribution in [0.1, 0.15) is 44.2 Å². The lowest BCUT2D eigenvalue weighted by molar-refractivity contribution is -0.151. The summed E-state index contributed by atoms with van der Waals surface area (Å²) in [5, 5.41) is 0. The Labute approximate surface area is 191 Å². The van der Waals surface area contributed by atoms with Gasteiger partial charge in [-0.25, -0.2) is 4.79 Å². The molecule has 2 aromatic carbocycles. The Bertz CT molecular complexity index is 952. The summed E-state index contributed by atoms with van der Waals surface area (Å²) in [5.74, 6) is -0.698. The van der Waals surface area contributed by atoms with Crippen molar-refractivity contribution in [1.82, 2.24) is 0 Å². The topological polar surface area (TPSA) is 78.9 Å². The van der Waals surface area contributed by atoms with Gasteiger partial charge in [-0.2, -0.15) is 8.42 Å². The van der Waals surface area contributed by atoms with Crippen LogP contribution in [0, 0.1) is 6.92 Å². The molecule has 0 fully saturated rings. The molecule has 0 saturated heterocycles. The molecule has 174 valence electrons. The van der Waals surface area contributed by atoms with Crippen molar-refractivity contribution >= 4 is 16.1 Å². The van der Waals surface area contributed by atoms with Crippen LogP contribution in [-0.4, -0.2) is 33.2 Å². The first kappa shape index (κ1) is 25.8. The molecular weight excluding hydrogens is 428 g/mol. The minimum absolute atomic E-state index is 0.00185. The Balaban J connectivity index is 2.01. The highest BCUT2D eigenvalue weighted by Gasteiger charge is 2.28. The second kappa shape index (κ2) is 13.2. The number of aryl methyl sites for hydroxylation is 1. The molecule has 0 bridgehead atoms. The van der Waals surface area contributed by atoms with Gasteiger partial charge in [-0.15, -0.1) is 0 Å². The van der Waals surface area contributed by atoms with Gasteiger partial charge in [0.2, 0.25) is 0 Å².